The maximum Gasteiger partial charge on any atom is 0.226 e. The highest BCUT2D eigenvalue weighted by Gasteiger charge is 2.19. The highest BCUT2D eigenvalue weighted by Crippen LogP contribution is 2.08. The molecule has 2 aliphatic rings. The molecule has 1 amide bonds. The number of hydrogen-bond donors (Lipinski definition) is 1. The molecule has 2 aliphatic heterocycles. The average molecular weight is 273 g/mol. The molecule has 0 saturated carbocycles. The first kappa shape index (κ1) is 17.2. The van der Waals surface area contributed by atoms with Crippen LogP contribution in [0.2, 0.25) is 0 Å². The van der Waals surface area contributed by atoms with Gasteiger partial charge in [0.15, 0.2) is 0 Å². The molecule has 18 heavy (non-hydrogen) atoms. The molecule has 1 N–H and O–H groups in total. The Morgan fingerprint density at radius 2 is 1.94 bits per heavy atom. The van der Waals surface area contributed by atoms with Gasteiger partial charge in [-0.15, -0.1) is 6.58 Å². The van der Waals surface area contributed by atoms with Gasteiger partial charge < -0.3 is 17.7 Å². The Balaban J connectivity index is 0.000000306. The molecule has 3 nitrogen and oxygen atoms in total. The number of rotatable bonds is 1. The fourth-order valence-corrected chi connectivity index (χ4v) is 2.18. The Morgan fingerprint density at radius 3 is 2.22 bits per heavy atom. The van der Waals surface area contributed by atoms with Crippen LogP contribution in [0, 0.1) is 5.92 Å². The molecular weight excluding hydrogens is 248 g/mol. The van der Waals surface area contributed by atoms with Crippen LogP contribution in [-0.4, -0.2) is 35.8 Å². The lowest BCUT2D eigenvalue weighted by Crippen LogP contribution is -3.00. The smallest absolute Gasteiger partial charge is 0.226 e. The van der Waals surface area contributed by atoms with Gasteiger partial charge in [-0.25, -0.2) is 4.58 Å². The number of nitrogens with one attached hydrogen (secondary N) is 1. The van der Waals surface area contributed by atoms with Gasteiger partial charge in [-0.3, -0.25) is 4.79 Å². The van der Waals surface area contributed by atoms with E-state index in [0.717, 1.165) is 13.0 Å². The topological polar surface area (TPSA) is 32.1 Å². The molecule has 1 atom stereocenters. The second-order valence-corrected chi connectivity index (χ2v) is 4.92. The molecule has 2 rings (SSSR count). The SMILES string of the molecule is C=CC1CCNC1=O.CC(C)=[N+]1CCCCC1.[Cl-]. The molecular formula is C14H25ClN2O. The molecule has 4 heteroatoms. The van der Waals surface area contributed by atoms with Gasteiger partial charge in [-0.1, -0.05) is 6.08 Å². The van der Waals surface area contributed by atoms with Crippen molar-refractivity contribution in [2.24, 2.45) is 5.92 Å². The summed E-state index contributed by atoms with van der Waals surface area (Å²) in [6, 6.07) is 0. The molecule has 1 unspecified atom stereocenters. The van der Waals surface area contributed by atoms with Crippen molar-refractivity contribution in [3.8, 4) is 0 Å². The van der Waals surface area contributed by atoms with Crippen molar-refractivity contribution in [3.05, 3.63) is 12.7 Å². The number of nitrogens with zero attached hydrogens (tertiary/aromatic N) is 1. The molecule has 2 saturated heterocycles. The molecule has 104 valence electrons. The van der Waals surface area contributed by atoms with Gasteiger partial charge in [0, 0.05) is 33.2 Å². The summed E-state index contributed by atoms with van der Waals surface area (Å²) in [6.07, 6.45) is 6.84. The number of piperidine rings is 1. The molecule has 0 aromatic rings. The van der Waals surface area contributed by atoms with Crippen molar-refractivity contribution in [2.75, 3.05) is 19.6 Å². The Morgan fingerprint density at radius 1 is 1.33 bits per heavy atom. The fraction of sp³-hybridized carbons (Fsp3) is 0.714. The lowest BCUT2D eigenvalue weighted by Gasteiger charge is -2.10. The Hall–Kier alpha value is -0.830. The molecule has 0 aliphatic carbocycles. The summed E-state index contributed by atoms with van der Waals surface area (Å²) in [7, 11) is 0. The summed E-state index contributed by atoms with van der Waals surface area (Å²) in [6.45, 7) is 11.3. The molecule has 0 aromatic heterocycles. The Bertz CT molecular complexity index is 301. The third-order valence-corrected chi connectivity index (χ3v) is 3.36. The maximum absolute atomic E-state index is 10.6. The zero-order valence-corrected chi connectivity index (χ0v) is 12.3. The monoisotopic (exact) mass is 272 g/mol. The van der Waals surface area contributed by atoms with Gasteiger partial charge in [0.25, 0.3) is 0 Å². The minimum absolute atomic E-state index is 0. The predicted molar refractivity (Wildman–Crippen MR) is 71.5 cm³/mol. The zero-order chi connectivity index (χ0) is 12.7. The predicted octanol–water partition coefficient (Wildman–Crippen LogP) is -1.02. The lowest BCUT2D eigenvalue weighted by atomic mass is 10.1. The van der Waals surface area contributed by atoms with E-state index < -0.39 is 0 Å². The summed E-state index contributed by atoms with van der Waals surface area (Å²) >= 11 is 0. The number of amides is 1. The van der Waals surface area contributed by atoms with Crippen LogP contribution >= 0.6 is 0 Å². The van der Waals surface area contributed by atoms with Crippen LogP contribution < -0.4 is 17.7 Å². The second kappa shape index (κ2) is 9.15. The summed E-state index contributed by atoms with van der Waals surface area (Å²) in [5.74, 6) is 0.204. The third kappa shape index (κ3) is 5.67. The molecule has 0 bridgehead atoms. The summed E-state index contributed by atoms with van der Waals surface area (Å²) in [4.78, 5) is 10.6. The minimum atomic E-state index is 0. The van der Waals surface area contributed by atoms with Crippen molar-refractivity contribution in [1.29, 1.82) is 0 Å². The van der Waals surface area contributed by atoms with E-state index in [1.54, 1.807) is 6.08 Å². The minimum Gasteiger partial charge on any atom is -1.00 e. The van der Waals surface area contributed by atoms with Gasteiger partial charge in [-0.2, -0.15) is 0 Å². The van der Waals surface area contributed by atoms with Crippen LogP contribution in [0.4, 0.5) is 0 Å². The fourth-order valence-electron chi connectivity index (χ4n) is 2.18. The second-order valence-electron chi connectivity index (χ2n) is 4.92. The van der Waals surface area contributed by atoms with E-state index >= 15 is 0 Å². The number of hydrogen-bond acceptors (Lipinski definition) is 1. The van der Waals surface area contributed by atoms with Crippen LogP contribution in [0.1, 0.15) is 39.5 Å². The van der Waals surface area contributed by atoms with Crippen LogP contribution in [0.25, 0.3) is 0 Å². The first-order valence-corrected chi connectivity index (χ1v) is 6.60. The number of carbonyl (C=O) groups is 1. The van der Waals surface area contributed by atoms with E-state index in [1.165, 1.54) is 38.1 Å². The average Bonchev–Trinajstić information content (AvgIpc) is 2.76. The van der Waals surface area contributed by atoms with Gasteiger partial charge in [0.05, 0.1) is 5.92 Å². The van der Waals surface area contributed by atoms with Crippen LogP contribution in [-0.2, 0) is 4.79 Å². The van der Waals surface area contributed by atoms with Crippen molar-refractivity contribution in [1.82, 2.24) is 5.32 Å². The highest BCUT2D eigenvalue weighted by atomic mass is 35.5. The van der Waals surface area contributed by atoms with E-state index in [2.05, 4.69) is 30.3 Å². The van der Waals surface area contributed by atoms with Crippen molar-refractivity contribution in [3.63, 3.8) is 0 Å². The Labute approximate surface area is 117 Å². The normalized spacial score (nSPS) is 22.2. The van der Waals surface area contributed by atoms with Gasteiger partial charge in [-0.05, 0) is 12.8 Å². The number of carbonyl (C=O) groups excluding carboxylic acids is 1. The van der Waals surface area contributed by atoms with E-state index in [0.29, 0.717) is 0 Å². The number of halogens is 1. The van der Waals surface area contributed by atoms with E-state index in [-0.39, 0.29) is 24.2 Å². The van der Waals surface area contributed by atoms with E-state index in [1.807, 2.05) is 0 Å². The molecule has 2 fully saturated rings. The molecule has 0 spiro atoms. The summed E-state index contributed by atoms with van der Waals surface area (Å²) in [5.41, 5.74) is 1.48. The first-order valence-electron chi connectivity index (χ1n) is 6.60. The summed E-state index contributed by atoms with van der Waals surface area (Å²) < 4.78 is 2.48. The zero-order valence-electron chi connectivity index (χ0n) is 11.5. The van der Waals surface area contributed by atoms with Crippen molar-refractivity contribution < 1.29 is 21.8 Å². The third-order valence-electron chi connectivity index (χ3n) is 3.36. The van der Waals surface area contributed by atoms with Crippen LogP contribution in [0.3, 0.4) is 0 Å². The summed E-state index contributed by atoms with van der Waals surface area (Å²) in [5, 5.41) is 2.71. The maximum atomic E-state index is 10.6. The van der Waals surface area contributed by atoms with Gasteiger partial charge in [0.1, 0.15) is 18.8 Å². The molecule has 0 aromatic carbocycles. The Kier molecular flexibility index (Phi) is 8.73. The van der Waals surface area contributed by atoms with Crippen molar-refractivity contribution in [2.45, 2.75) is 39.5 Å². The largest absolute Gasteiger partial charge is 1.00 e. The standard InChI is InChI=1S/C8H16N.C6H9NO.ClH/c1-8(2)9-6-4-3-5-7-9;1-2-5-3-4-7-6(5)8;/h3-7H2,1-2H3;2,5H,1,3-4H2,(H,7,8);1H/q+1;;/p-1. The quantitative estimate of drug-likeness (QED) is 0.481. The van der Waals surface area contributed by atoms with Crippen LogP contribution in [0.15, 0.2) is 12.7 Å². The van der Waals surface area contributed by atoms with Gasteiger partial charge in [0.2, 0.25) is 5.91 Å². The first-order chi connectivity index (χ1) is 8.15. The van der Waals surface area contributed by atoms with Gasteiger partial charge >= 0.3 is 0 Å². The molecule has 0 radical (unpaired) electrons. The molecule has 2 heterocycles. The van der Waals surface area contributed by atoms with E-state index in [4.69, 9.17) is 0 Å². The van der Waals surface area contributed by atoms with Crippen LogP contribution in [0.5, 0.6) is 0 Å². The van der Waals surface area contributed by atoms with Crippen molar-refractivity contribution >= 4 is 11.6 Å². The highest BCUT2D eigenvalue weighted by molar-refractivity contribution is 5.82. The van der Waals surface area contributed by atoms with E-state index in [9.17, 15) is 4.79 Å². The lowest BCUT2D eigenvalue weighted by molar-refractivity contribution is -0.538.